The standard InChI is InChI=1S/C26H22ClF6N3O2/c1-24(2,16-6-11-22(34-14-16)25(28,29)30)35-20-13-21(15-4-3-5-17(27)12-15)36(23(20)37)18-7-9-19(10-8-18)38-26(31,32)33/h3-12,14,20-21,35H,13H2,1-2H3. The number of nitrogens with one attached hydrogen (secondary N) is 1. The summed E-state index contributed by atoms with van der Waals surface area (Å²) in [6.45, 7) is 3.43. The molecule has 0 bridgehead atoms. The first kappa shape index (κ1) is 27.7. The fourth-order valence-electron chi connectivity index (χ4n) is 4.44. The molecule has 0 spiro atoms. The van der Waals surface area contributed by atoms with E-state index in [1.165, 1.54) is 23.1 Å². The van der Waals surface area contributed by atoms with E-state index >= 15 is 0 Å². The SMILES string of the molecule is CC(C)(NC1CC(c2cccc(Cl)c2)N(c2ccc(OC(F)(F)F)cc2)C1=O)c1ccc(C(F)(F)F)nc1. The zero-order valence-corrected chi connectivity index (χ0v) is 20.8. The number of amides is 1. The van der Waals surface area contributed by atoms with Gasteiger partial charge in [0.1, 0.15) is 11.4 Å². The summed E-state index contributed by atoms with van der Waals surface area (Å²) in [4.78, 5) is 18.6. The number of pyridine rings is 1. The van der Waals surface area contributed by atoms with Crippen molar-refractivity contribution in [3.8, 4) is 5.75 Å². The summed E-state index contributed by atoms with van der Waals surface area (Å²) in [5.41, 5.74) is -0.493. The second-order valence-corrected chi connectivity index (χ2v) is 9.74. The lowest BCUT2D eigenvalue weighted by molar-refractivity contribution is -0.274. The summed E-state index contributed by atoms with van der Waals surface area (Å²) in [5.74, 6) is -0.801. The van der Waals surface area contributed by atoms with E-state index in [4.69, 9.17) is 11.6 Å². The van der Waals surface area contributed by atoms with Gasteiger partial charge in [0.2, 0.25) is 5.91 Å². The van der Waals surface area contributed by atoms with Gasteiger partial charge in [-0.05, 0) is 73.9 Å². The Bertz CT molecular complexity index is 1290. The second-order valence-electron chi connectivity index (χ2n) is 9.31. The monoisotopic (exact) mass is 557 g/mol. The summed E-state index contributed by atoms with van der Waals surface area (Å²) in [6.07, 6.45) is -8.07. The highest BCUT2D eigenvalue weighted by atomic mass is 35.5. The zero-order chi connectivity index (χ0) is 27.9. The molecule has 2 atom stereocenters. The van der Waals surface area contributed by atoms with Gasteiger partial charge in [0, 0.05) is 22.4 Å². The Morgan fingerprint density at radius 3 is 2.24 bits per heavy atom. The van der Waals surface area contributed by atoms with Gasteiger partial charge in [-0.1, -0.05) is 29.8 Å². The molecule has 2 aromatic carbocycles. The number of alkyl halides is 6. The summed E-state index contributed by atoms with van der Waals surface area (Å²) in [6, 6.07) is 12.7. The Hall–Kier alpha value is -3.31. The maximum Gasteiger partial charge on any atom is 0.573 e. The summed E-state index contributed by atoms with van der Waals surface area (Å²) >= 11 is 6.17. The highest BCUT2D eigenvalue weighted by Crippen LogP contribution is 2.40. The number of benzene rings is 2. The van der Waals surface area contributed by atoms with Crippen molar-refractivity contribution < 1.29 is 35.9 Å². The van der Waals surface area contributed by atoms with Crippen LogP contribution in [0.4, 0.5) is 32.0 Å². The van der Waals surface area contributed by atoms with Gasteiger partial charge < -0.3 is 9.64 Å². The Labute approximate surface area is 219 Å². The molecule has 38 heavy (non-hydrogen) atoms. The van der Waals surface area contributed by atoms with E-state index < -0.39 is 41.6 Å². The molecular formula is C26H22ClF6N3O2. The number of rotatable bonds is 6. The molecule has 1 saturated heterocycles. The smallest absolute Gasteiger partial charge is 0.406 e. The summed E-state index contributed by atoms with van der Waals surface area (Å²) < 4.78 is 80.5. The first-order valence-electron chi connectivity index (χ1n) is 11.4. The average molecular weight is 558 g/mol. The van der Waals surface area contributed by atoms with Crippen LogP contribution in [-0.4, -0.2) is 23.3 Å². The molecule has 1 fully saturated rings. The molecule has 0 aliphatic carbocycles. The normalized spacial score (nSPS) is 18.7. The third-order valence-electron chi connectivity index (χ3n) is 6.20. The maximum atomic E-state index is 13.6. The minimum atomic E-state index is -4.86. The molecule has 202 valence electrons. The number of nitrogens with zero attached hydrogens (tertiary/aromatic N) is 2. The predicted molar refractivity (Wildman–Crippen MR) is 129 cm³/mol. The number of carbonyl (C=O) groups is 1. The molecule has 2 heterocycles. The van der Waals surface area contributed by atoms with Crippen LogP contribution in [0.15, 0.2) is 66.9 Å². The van der Waals surface area contributed by atoms with Crippen LogP contribution in [0.3, 0.4) is 0 Å². The van der Waals surface area contributed by atoms with Gasteiger partial charge in [0.25, 0.3) is 0 Å². The molecule has 1 aliphatic rings. The van der Waals surface area contributed by atoms with E-state index in [0.29, 0.717) is 21.8 Å². The largest absolute Gasteiger partial charge is 0.573 e. The third-order valence-corrected chi connectivity index (χ3v) is 6.43. The minimum Gasteiger partial charge on any atom is -0.406 e. The fraction of sp³-hybridized carbons (Fsp3) is 0.308. The molecule has 5 nitrogen and oxygen atoms in total. The van der Waals surface area contributed by atoms with Crippen molar-refractivity contribution >= 4 is 23.2 Å². The molecule has 0 radical (unpaired) electrons. The topological polar surface area (TPSA) is 54.5 Å². The van der Waals surface area contributed by atoms with Crippen molar-refractivity contribution in [2.24, 2.45) is 0 Å². The van der Waals surface area contributed by atoms with Crippen LogP contribution in [0, 0.1) is 0 Å². The van der Waals surface area contributed by atoms with Gasteiger partial charge >= 0.3 is 12.5 Å². The number of carbonyl (C=O) groups excluding carboxylic acids is 1. The van der Waals surface area contributed by atoms with Crippen molar-refractivity contribution in [2.45, 2.75) is 50.4 Å². The van der Waals surface area contributed by atoms with Crippen LogP contribution < -0.4 is 15.0 Å². The van der Waals surface area contributed by atoms with Crippen LogP contribution in [0.25, 0.3) is 0 Å². The first-order valence-corrected chi connectivity index (χ1v) is 11.8. The number of ether oxygens (including phenoxy) is 1. The van der Waals surface area contributed by atoms with Crippen molar-refractivity contribution in [3.63, 3.8) is 0 Å². The molecule has 0 saturated carbocycles. The Morgan fingerprint density at radius 1 is 1.00 bits per heavy atom. The van der Waals surface area contributed by atoms with E-state index in [2.05, 4.69) is 15.0 Å². The van der Waals surface area contributed by atoms with Gasteiger partial charge in [-0.15, -0.1) is 13.2 Å². The molecule has 1 amide bonds. The van der Waals surface area contributed by atoms with Crippen LogP contribution in [0.5, 0.6) is 5.75 Å². The van der Waals surface area contributed by atoms with Gasteiger partial charge in [0.05, 0.1) is 12.1 Å². The average Bonchev–Trinajstić information content (AvgIpc) is 3.13. The summed E-state index contributed by atoms with van der Waals surface area (Å²) in [5, 5.41) is 3.66. The van der Waals surface area contributed by atoms with E-state index in [-0.39, 0.29) is 12.3 Å². The van der Waals surface area contributed by atoms with E-state index in [0.717, 1.165) is 24.4 Å². The molecule has 1 N–H and O–H groups in total. The van der Waals surface area contributed by atoms with Crippen molar-refractivity contribution in [1.29, 1.82) is 0 Å². The fourth-order valence-corrected chi connectivity index (χ4v) is 4.64. The number of hydrogen-bond acceptors (Lipinski definition) is 4. The van der Waals surface area contributed by atoms with Gasteiger partial charge in [0.15, 0.2) is 0 Å². The highest BCUT2D eigenvalue weighted by Gasteiger charge is 2.44. The maximum absolute atomic E-state index is 13.6. The second kappa shape index (κ2) is 10.1. The Balaban J connectivity index is 1.63. The number of aromatic nitrogens is 1. The van der Waals surface area contributed by atoms with Crippen LogP contribution in [0.1, 0.15) is 43.1 Å². The predicted octanol–water partition coefficient (Wildman–Crippen LogP) is 7.02. The van der Waals surface area contributed by atoms with Crippen molar-refractivity contribution in [2.75, 3.05) is 4.90 Å². The Kier molecular flexibility index (Phi) is 7.37. The summed E-state index contributed by atoms with van der Waals surface area (Å²) in [7, 11) is 0. The number of halogens is 7. The van der Waals surface area contributed by atoms with Gasteiger partial charge in [-0.25, -0.2) is 0 Å². The third kappa shape index (κ3) is 6.21. The number of hydrogen-bond donors (Lipinski definition) is 1. The van der Waals surface area contributed by atoms with Gasteiger partial charge in [-0.2, -0.15) is 13.2 Å². The van der Waals surface area contributed by atoms with Gasteiger partial charge in [-0.3, -0.25) is 15.1 Å². The minimum absolute atomic E-state index is 0.261. The molecule has 3 aromatic rings. The van der Waals surface area contributed by atoms with E-state index in [1.54, 1.807) is 38.1 Å². The molecule has 1 aliphatic heterocycles. The molecule has 2 unspecified atom stereocenters. The molecule has 12 heteroatoms. The molecule has 1 aromatic heterocycles. The molecular weight excluding hydrogens is 536 g/mol. The van der Waals surface area contributed by atoms with Crippen molar-refractivity contribution in [3.05, 3.63) is 88.7 Å². The Morgan fingerprint density at radius 2 is 1.68 bits per heavy atom. The lowest BCUT2D eigenvalue weighted by Gasteiger charge is -2.30. The quantitative estimate of drug-likeness (QED) is 0.331. The zero-order valence-electron chi connectivity index (χ0n) is 20.1. The lowest BCUT2D eigenvalue weighted by Crippen LogP contribution is -2.47. The van der Waals surface area contributed by atoms with Crippen molar-refractivity contribution in [1.82, 2.24) is 10.3 Å². The lowest BCUT2D eigenvalue weighted by atomic mass is 9.93. The van der Waals surface area contributed by atoms with E-state index in [9.17, 15) is 31.1 Å². The first-order chi connectivity index (χ1) is 17.6. The molecule has 4 rings (SSSR count). The highest BCUT2D eigenvalue weighted by molar-refractivity contribution is 6.30. The van der Waals surface area contributed by atoms with Crippen LogP contribution in [-0.2, 0) is 16.5 Å². The van der Waals surface area contributed by atoms with E-state index in [1.807, 2.05) is 0 Å². The van der Waals surface area contributed by atoms with Crippen LogP contribution in [0.2, 0.25) is 5.02 Å². The number of anilines is 1. The van der Waals surface area contributed by atoms with Crippen LogP contribution >= 0.6 is 11.6 Å².